The van der Waals surface area contributed by atoms with Gasteiger partial charge in [0.2, 0.25) is 0 Å². The zero-order valence-corrected chi connectivity index (χ0v) is 70.2. The number of nitrogens with one attached hydrogen (secondary N) is 1. The minimum Gasteiger partial charge on any atom is -0.756 e. The number of ether oxygens (including phenoxy) is 6. The molecule has 1 heterocycles. The number of rotatable bonds is 62. The van der Waals surface area contributed by atoms with Crippen molar-refractivity contribution in [1.29, 1.82) is 0 Å². The van der Waals surface area contributed by atoms with Gasteiger partial charge in [-0.2, -0.15) is 0 Å². The number of para-hydroxylation sites is 1. The molecule has 1 aliphatic rings. The molecule has 582 valence electrons. The molecule has 0 radical (unpaired) electrons. The average molecular weight is 1520 g/mol. The van der Waals surface area contributed by atoms with Gasteiger partial charge in [0.25, 0.3) is 21.3 Å². The second-order valence-corrected chi connectivity index (χ2v) is 28.9. The number of nitro groups is 1. The summed E-state index contributed by atoms with van der Waals surface area (Å²) >= 11 is 0. The van der Waals surface area contributed by atoms with Gasteiger partial charge in [-0.15, -0.1) is 0 Å². The van der Waals surface area contributed by atoms with Crippen LogP contribution in [0.25, 0.3) is 0 Å². The smallest absolute Gasteiger partial charge is 0.756 e. The summed E-state index contributed by atoms with van der Waals surface area (Å²) < 4.78 is 76.3. The number of aliphatic hydroxyl groups excluding tert-OH is 1. The van der Waals surface area contributed by atoms with Crippen LogP contribution in [0.4, 0.5) is 5.69 Å². The van der Waals surface area contributed by atoms with E-state index in [0.29, 0.717) is 37.1 Å². The van der Waals surface area contributed by atoms with E-state index in [4.69, 9.17) is 46.5 Å². The standard InChI is InChI=1S/C57H110O17P2.C17H18N2O6.2Na/c1-5-9-13-17-21-25-29-33-37-41-54(59)67-47-52(73-56(61)43-39-35-31-27-23-19-15-11-7-3)49-71-75(63,64)69-45-51(58)46-70-76(65,66)72-50-53(74-57(62)44-40-36-32-28-24-20-16-12-8-4)48-68-55(60)42-38-34-30-26-22-18-14-10-6-2;1-9-13(16(20)24-3)15(14(10(2)18-9)17(21)25-4)11-7-5-6-8-12(11)19(22)23;;/h51-53,58H,5-50H2,1-4H3,(H,63,64)(H,65,66);5-8,15,18H,1-4H3;;/q;;2*+1/p-2. The molecule has 1 aromatic carbocycles. The fourth-order valence-electron chi connectivity index (χ4n) is 11.3. The van der Waals surface area contributed by atoms with Crippen molar-refractivity contribution in [1.82, 2.24) is 5.32 Å². The number of unbranched alkanes of at least 4 members (excludes halogenated alkanes) is 32. The van der Waals surface area contributed by atoms with Gasteiger partial charge in [0.05, 0.1) is 62.6 Å². The monoisotopic (exact) mass is 1520 g/mol. The number of allylic oxidation sites excluding steroid dienone is 2. The Bertz CT molecular complexity index is 2510. The predicted octanol–water partition coefficient (Wildman–Crippen LogP) is 10.1. The fraction of sp³-hybridized carbons (Fsp3) is 0.784. The van der Waals surface area contributed by atoms with Gasteiger partial charge < -0.3 is 66.7 Å². The Morgan fingerprint density at radius 1 is 0.447 bits per heavy atom. The van der Waals surface area contributed by atoms with E-state index in [1.165, 1.54) is 135 Å². The van der Waals surface area contributed by atoms with Crippen molar-refractivity contribution in [3.8, 4) is 0 Å². The number of hydrogen-bond acceptors (Lipinski definition) is 24. The van der Waals surface area contributed by atoms with E-state index < -0.39 is 120 Å². The van der Waals surface area contributed by atoms with E-state index in [9.17, 15) is 62.9 Å². The van der Waals surface area contributed by atoms with Crippen LogP contribution in [0.2, 0.25) is 0 Å². The second-order valence-electron chi connectivity index (χ2n) is 26.1. The Balaban J connectivity index is 0. The van der Waals surface area contributed by atoms with E-state index in [1.807, 2.05) is 0 Å². The van der Waals surface area contributed by atoms with Crippen LogP contribution in [-0.2, 0) is 84.4 Å². The largest absolute Gasteiger partial charge is 1.00 e. The summed E-state index contributed by atoms with van der Waals surface area (Å²) in [5.74, 6) is -4.57. The topological polar surface area (TPSA) is 350 Å². The molecule has 0 amide bonds. The van der Waals surface area contributed by atoms with Crippen molar-refractivity contribution in [2.75, 3.05) is 53.9 Å². The average Bonchev–Trinajstić information content (AvgIpc) is 0.760. The second kappa shape index (κ2) is 64.8. The van der Waals surface area contributed by atoms with Crippen molar-refractivity contribution in [2.45, 2.75) is 323 Å². The number of phosphoric acid groups is 2. The van der Waals surface area contributed by atoms with E-state index >= 15 is 0 Å². The Hall–Kier alpha value is -3.10. The first-order valence-corrected chi connectivity index (χ1v) is 40.6. The van der Waals surface area contributed by atoms with Crippen LogP contribution >= 0.6 is 15.6 Å². The summed E-state index contributed by atoms with van der Waals surface area (Å²) in [6.45, 7) is 7.65. The molecule has 0 saturated carbocycles. The van der Waals surface area contributed by atoms with Crippen molar-refractivity contribution in [2.24, 2.45) is 0 Å². The maximum Gasteiger partial charge on any atom is 1.00 e. The molecule has 0 aliphatic carbocycles. The molecule has 29 heteroatoms. The molecule has 1 aliphatic heterocycles. The van der Waals surface area contributed by atoms with E-state index in [2.05, 4.69) is 33.0 Å². The van der Waals surface area contributed by atoms with Gasteiger partial charge in [-0.3, -0.25) is 38.4 Å². The third-order valence-electron chi connectivity index (χ3n) is 17.1. The van der Waals surface area contributed by atoms with Gasteiger partial charge in [0.15, 0.2) is 12.2 Å². The number of dihydropyridines is 1. The van der Waals surface area contributed by atoms with Gasteiger partial charge in [-0.1, -0.05) is 251 Å². The third kappa shape index (κ3) is 51.8. The van der Waals surface area contributed by atoms with Crippen molar-refractivity contribution < 1.29 is 163 Å². The normalized spacial score (nSPS) is 14.2. The maximum absolute atomic E-state index is 12.8. The summed E-state index contributed by atoms with van der Waals surface area (Å²) in [4.78, 5) is 112. The molecule has 0 aromatic heterocycles. The molecule has 103 heavy (non-hydrogen) atoms. The number of aliphatic hydroxyl groups is 1. The Labute approximate surface area is 659 Å². The molecule has 25 nitrogen and oxygen atoms in total. The third-order valence-corrected chi connectivity index (χ3v) is 19.0. The van der Waals surface area contributed by atoms with Crippen LogP contribution in [0.3, 0.4) is 0 Å². The van der Waals surface area contributed by atoms with Gasteiger partial charge in [-0.25, -0.2) is 9.59 Å². The van der Waals surface area contributed by atoms with E-state index in [1.54, 1.807) is 19.9 Å². The number of nitro benzene ring substituents is 1. The van der Waals surface area contributed by atoms with Crippen molar-refractivity contribution in [3.05, 3.63) is 62.5 Å². The summed E-state index contributed by atoms with van der Waals surface area (Å²) in [6.07, 6.45) is 34.2. The van der Waals surface area contributed by atoms with Crippen LogP contribution in [0.15, 0.2) is 46.8 Å². The Morgan fingerprint density at radius 3 is 1.01 bits per heavy atom. The summed E-state index contributed by atoms with van der Waals surface area (Å²) in [7, 11) is -7.97. The maximum atomic E-state index is 12.8. The van der Waals surface area contributed by atoms with Gasteiger partial charge in [0.1, 0.15) is 19.3 Å². The van der Waals surface area contributed by atoms with Crippen molar-refractivity contribution in [3.63, 3.8) is 0 Å². The molecule has 0 fully saturated rings. The van der Waals surface area contributed by atoms with Crippen LogP contribution in [-0.4, -0.2) is 118 Å². The van der Waals surface area contributed by atoms with Crippen LogP contribution in [0, 0.1) is 10.1 Å². The molecule has 0 bridgehead atoms. The van der Waals surface area contributed by atoms with Crippen LogP contribution in [0.5, 0.6) is 0 Å². The number of nitrogens with zero attached hydrogens (tertiary/aromatic N) is 1. The Kier molecular flexibility index (Phi) is 64.2. The minimum absolute atomic E-state index is 0. The molecule has 0 spiro atoms. The molecule has 4 atom stereocenters. The van der Waals surface area contributed by atoms with Gasteiger partial charge >= 0.3 is 94.9 Å². The zero-order valence-electron chi connectivity index (χ0n) is 64.4. The quantitative estimate of drug-likeness (QED) is 0.0116. The number of carbonyl (C=O) groups excluding carboxylic acids is 6. The van der Waals surface area contributed by atoms with Crippen LogP contribution in [0.1, 0.15) is 310 Å². The number of phosphoric ester groups is 2. The number of esters is 6. The fourth-order valence-corrected chi connectivity index (χ4v) is 12.9. The predicted molar refractivity (Wildman–Crippen MR) is 382 cm³/mol. The molecule has 1 aromatic rings. The van der Waals surface area contributed by atoms with Crippen LogP contribution < -0.4 is 74.2 Å². The Morgan fingerprint density at radius 2 is 0.718 bits per heavy atom. The summed E-state index contributed by atoms with van der Waals surface area (Å²) in [5, 5.41) is 24.8. The van der Waals surface area contributed by atoms with Crippen molar-refractivity contribution >= 4 is 57.1 Å². The first kappa shape index (κ1) is 102. The number of hydrogen-bond donors (Lipinski definition) is 2. The summed E-state index contributed by atoms with van der Waals surface area (Å²) in [6, 6.07) is 5.97. The zero-order chi connectivity index (χ0) is 74.9. The van der Waals surface area contributed by atoms with Gasteiger partial charge in [-0.05, 0) is 39.5 Å². The van der Waals surface area contributed by atoms with E-state index in [-0.39, 0.29) is 107 Å². The molecule has 2 N–H and O–H groups in total. The molecule has 4 unspecified atom stereocenters. The first-order chi connectivity index (χ1) is 48.5. The number of methoxy groups -OCH3 is 2. The van der Waals surface area contributed by atoms with Gasteiger partial charge in [0, 0.05) is 48.7 Å². The minimum atomic E-state index is -5.20. The van der Waals surface area contributed by atoms with E-state index in [0.717, 1.165) is 103 Å². The molecule has 2 rings (SSSR count). The molecular formula is C74H126N2Na2O23P2. The number of carbonyl (C=O) groups is 6. The first-order valence-electron chi connectivity index (χ1n) is 37.7. The molecule has 0 saturated heterocycles. The summed E-state index contributed by atoms with van der Waals surface area (Å²) in [5.41, 5.74) is 1.19. The number of benzene rings is 1. The SMILES string of the molecule is CCCCCCCCCCCC(=O)OCC(COP(=O)([O-])OCC(O)COP(=O)([O-])OCC(COC(=O)CCCCCCCCCCC)OC(=O)CCCCCCCCCCC)OC(=O)CCCCCCCCCCC.COC(=O)C1=C(C)NC(C)=C(C(=O)OC)C1c1ccccc1[N+](=O)[O-].[Na+].[Na+]. The molecular weight excluding hydrogens is 1390 g/mol.